The number of rotatable bonds is 7. The van der Waals surface area contributed by atoms with Crippen molar-refractivity contribution in [1.82, 2.24) is 0 Å². The zero-order valence-electron chi connectivity index (χ0n) is 31.2. The van der Waals surface area contributed by atoms with Crippen LogP contribution < -0.4 is 4.90 Å². The van der Waals surface area contributed by atoms with Crippen LogP contribution in [0.2, 0.25) is 0 Å². The van der Waals surface area contributed by atoms with Crippen molar-refractivity contribution in [3.63, 3.8) is 0 Å². The summed E-state index contributed by atoms with van der Waals surface area (Å²) in [4.78, 5) is 2.44. The number of hydrogen-bond donors (Lipinski definition) is 0. The molecule has 0 fully saturated rings. The molecule has 1 aliphatic carbocycles. The lowest BCUT2D eigenvalue weighted by Crippen LogP contribution is -2.28. The van der Waals surface area contributed by atoms with Gasteiger partial charge in [-0.2, -0.15) is 0 Å². The SMILES string of the molecule is c1ccc(-c2cccc(N(c3cccc(-c4ccc5sc6ccccc6c5c4)c3)c3ccc4c(c3)C(c3ccccc3)(c3ccccc3)c3ccccc3-4)c2)cc1. The third-order valence-corrected chi connectivity index (χ3v) is 12.9. The molecule has 0 bridgehead atoms. The molecule has 0 radical (unpaired) electrons. The van der Waals surface area contributed by atoms with Crippen molar-refractivity contribution in [3.05, 3.63) is 247 Å². The van der Waals surface area contributed by atoms with E-state index < -0.39 is 5.41 Å². The number of hydrogen-bond acceptors (Lipinski definition) is 2. The van der Waals surface area contributed by atoms with E-state index in [0.29, 0.717) is 0 Å². The van der Waals surface area contributed by atoms with Crippen LogP contribution in [0.3, 0.4) is 0 Å². The third-order valence-electron chi connectivity index (χ3n) is 11.7. The fraction of sp³-hybridized carbons (Fsp3) is 0.0182. The van der Waals surface area contributed by atoms with Crippen LogP contribution in [0, 0.1) is 0 Å². The summed E-state index contributed by atoms with van der Waals surface area (Å²) in [7, 11) is 0. The van der Waals surface area contributed by atoms with E-state index in [1.807, 2.05) is 11.3 Å². The second-order valence-corrected chi connectivity index (χ2v) is 16.0. The van der Waals surface area contributed by atoms with Gasteiger partial charge in [0, 0.05) is 37.2 Å². The van der Waals surface area contributed by atoms with Crippen LogP contribution in [0.25, 0.3) is 53.6 Å². The van der Waals surface area contributed by atoms with Gasteiger partial charge in [-0.3, -0.25) is 0 Å². The Hall–Kier alpha value is -7.00. The van der Waals surface area contributed by atoms with Crippen molar-refractivity contribution in [1.29, 1.82) is 0 Å². The number of nitrogens with zero attached hydrogens (tertiary/aromatic N) is 1. The van der Waals surface area contributed by atoms with Gasteiger partial charge in [0.25, 0.3) is 0 Å². The highest BCUT2D eigenvalue weighted by Crippen LogP contribution is 2.57. The lowest BCUT2D eigenvalue weighted by Gasteiger charge is -2.35. The zero-order chi connectivity index (χ0) is 37.8. The van der Waals surface area contributed by atoms with E-state index in [1.165, 1.54) is 75.8 Å². The molecule has 1 nitrogen and oxygen atoms in total. The van der Waals surface area contributed by atoms with Crippen LogP contribution in [0.15, 0.2) is 224 Å². The van der Waals surface area contributed by atoms with Crippen molar-refractivity contribution in [2.75, 3.05) is 4.90 Å². The van der Waals surface area contributed by atoms with Gasteiger partial charge in [-0.1, -0.05) is 170 Å². The van der Waals surface area contributed by atoms with Crippen molar-refractivity contribution in [2.45, 2.75) is 5.41 Å². The van der Waals surface area contributed by atoms with Crippen LogP contribution in [0.5, 0.6) is 0 Å². The smallest absolute Gasteiger partial charge is 0.0714 e. The molecular weight excluding hydrogens is 707 g/mol. The van der Waals surface area contributed by atoms with Crippen LogP contribution >= 0.6 is 11.3 Å². The first-order valence-electron chi connectivity index (χ1n) is 19.6. The summed E-state index contributed by atoms with van der Waals surface area (Å²) in [5.41, 5.74) is 15.3. The van der Waals surface area contributed by atoms with Crippen LogP contribution in [0.4, 0.5) is 17.1 Å². The molecule has 0 amide bonds. The topological polar surface area (TPSA) is 3.24 Å². The Morgan fingerprint density at radius 1 is 0.316 bits per heavy atom. The molecule has 0 spiro atoms. The summed E-state index contributed by atoms with van der Waals surface area (Å²) in [6, 6.07) is 82.6. The van der Waals surface area contributed by atoms with E-state index in [1.54, 1.807) is 0 Å². The Balaban J connectivity index is 1.14. The molecule has 10 aromatic rings. The Labute approximate surface area is 337 Å². The van der Waals surface area contributed by atoms with Gasteiger partial charge in [-0.15, -0.1) is 11.3 Å². The van der Waals surface area contributed by atoms with E-state index in [4.69, 9.17) is 0 Å². The van der Waals surface area contributed by atoms with Gasteiger partial charge in [0.1, 0.15) is 0 Å². The van der Waals surface area contributed by atoms with Gasteiger partial charge in [-0.05, 0) is 110 Å². The molecule has 1 aliphatic rings. The molecule has 0 N–H and O–H groups in total. The minimum atomic E-state index is -0.497. The minimum Gasteiger partial charge on any atom is -0.310 e. The highest BCUT2D eigenvalue weighted by Gasteiger charge is 2.46. The molecule has 0 saturated carbocycles. The first-order chi connectivity index (χ1) is 28.3. The molecular formula is C55H37NS. The minimum absolute atomic E-state index is 0.497. The molecule has 1 heterocycles. The normalized spacial score (nSPS) is 12.7. The molecule has 0 atom stereocenters. The predicted molar refractivity (Wildman–Crippen MR) is 242 cm³/mol. The lowest BCUT2D eigenvalue weighted by atomic mass is 9.67. The van der Waals surface area contributed by atoms with E-state index in [9.17, 15) is 0 Å². The summed E-state index contributed by atoms with van der Waals surface area (Å²) in [5, 5.41) is 2.62. The largest absolute Gasteiger partial charge is 0.310 e. The fourth-order valence-electron chi connectivity index (χ4n) is 9.20. The summed E-state index contributed by atoms with van der Waals surface area (Å²) < 4.78 is 2.64. The molecule has 0 saturated heterocycles. The molecule has 1 aromatic heterocycles. The molecule has 0 aliphatic heterocycles. The Morgan fingerprint density at radius 2 is 0.842 bits per heavy atom. The standard InChI is InChI=1S/C55H37NS/c1-4-16-38(17-5-1)39-18-14-24-44(34-39)56(45-25-15-19-40(35-45)41-30-33-54-50(36-41)49-27-11-13-29-53(49)57-54)46-31-32-48-47-26-10-12-28-51(47)55(52(48)37-46,42-20-6-2-7-21-42)43-22-8-3-9-23-43/h1-37H. The summed E-state index contributed by atoms with van der Waals surface area (Å²) in [5.74, 6) is 0. The number of benzene rings is 9. The van der Waals surface area contributed by atoms with Crippen molar-refractivity contribution < 1.29 is 0 Å². The molecule has 268 valence electrons. The summed E-state index contributed by atoms with van der Waals surface area (Å²) in [6.07, 6.45) is 0. The maximum Gasteiger partial charge on any atom is 0.0714 e. The number of fused-ring (bicyclic) bond motifs is 6. The lowest BCUT2D eigenvalue weighted by molar-refractivity contribution is 0.768. The first kappa shape index (κ1) is 33.3. The van der Waals surface area contributed by atoms with Crippen LogP contribution in [0.1, 0.15) is 22.3 Å². The van der Waals surface area contributed by atoms with Crippen LogP contribution in [-0.2, 0) is 5.41 Å². The predicted octanol–water partition coefficient (Wildman–Crippen LogP) is 15.2. The molecule has 9 aromatic carbocycles. The monoisotopic (exact) mass is 743 g/mol. The van der Waals surface area contributed by atoms with Crippen molar-refractivity contribution in [3.8, 4) is 33.4 Å². The van der Waals surface area contributed by atoms with Gasteiger partial charge in [0.2, 0.25) is 0 Å². The summed E-state index contributed by atoms with van der Waals surface area (Å²) >= 11 is 1.86. The number of anilines is 3. The Morgan fingerprint density at radius 3 is 1.56 bits per heavy atom. The van der Waals surface area contributed by atoms with Crippen molar-refractivity contribution >= 4 is 48.6 Å². The molecule has 11 rings (SSSR count). The first-order valence-corrected chi connectivity index (χ1v) is 20.4. The van der Waals surface area contributed by atoms with E-state index >= 15 is 0 Å². The molecule has 2 heteroatoms. The van der Waals surface area contributed by atoms with Gasteiger partial charge in [0.15, 0.2) is 0 Å². The maximum absolute atomic E-state index is 2.46. The van der Waals surface area contributed by atoms with Crippen LogP contribution in [-0.4, -0.2) is 0 Å². The second kappa shape index (κ2) is 13.6. The van der Waals surface area contributed by atoms with E-state index in [0.717, 1.165) is 17.1 Å². The highest BCUT2D eigenvalue weighted by atomic mass is 32.1. The summed E-state index contributed by atoms with van der Waals surface area (Å²) in [6.45, 7) is 0. The highest BCUT2D eigenvalue weighted by molar-refractivity contribution is 7.25. The van der Waals surface area contributed by atoms with Gasteiger partial charge < -0.3 is 4.90 Å². The fourth-order valence-corrected chi connectivity index (χ4v) is 10.3. The molecule has 57 heavy (non-hydrogen) atoms. The van der Waals surface area contributed by atoms with Gasteiger partial charge in [0.05, 0.1) is 5.41 Å². The number of thiophene rings is 1. The second-order valence-electron chi connectivity index (χ2n) is 14.9. The maximum atomic E-state index is 2.46. The average molecular weight is 744 g/mol. The van der Waals surface area contributed by atoms with E-state index in [-0.39, 0.29) is 0 Å². The quantitative estimate of drug-likeness (QED) is 0.157. The third kappa shape index (κ3) is 5.44. The molecule has 0 unspecified atom stereocenters. The van der Waals surface area contributed by atoms with Crippen molar-refractivity contribution in [2.24, 2.45) is 0 Å². The Bertz CT molecular complexity index is 3030. The van der Waals surface area contributed by atoms with Gasteiger partial charge in [-0.25, -0.2) is 0 Å². The average Bonchev–Trinajstić information content (AvgIpc) is 3.81. The van der Waals surface area contributed by atoms with E-state index in [2.05, 4.69) is 229 Å². The van der Waals surface area contributed by atoms with Gasteiger partial charge >= 0.3 is 0 Å². The Kier molecular flexibility index (Phi) is 7.98. The zero-order valence-corrected chi connectivity index (χ0v) is 32.0.